The maximum atomic E-state index is 12.2. The number of benzene rings is 1. The van der Waals surface area contributed by atoms with Gasteiger partial charge in [0.1, 0.15) is 5.75 Å². The van der Waals surface area contributed by atoms with Crippen LogP contribution in [-0.4, -0.2) is 55.9 Å². The molecule has 0 radical (unpaired) electrons. The summed E-state index contributed by atoms with van der Waals surface area (Å²) in [5.41, 5.74) is 0.866. The van der Waals surface area contributed by atoms with E-state index in [1.54, 1.807) is 6.07 Å². The SMILES string of the molecule is CN1CCN(CCc2cccc(OC(F)(F)F)c2)CC1. The van der Waals surface area contributed by atoms with Crippen molar-refractivity contribution in [1.82, 2.24) is 9.80 Å². The molecule has 20 heavy (non-hydrogen) atoms. The number of hydrogen-bond acceptors (Lipinski definition) is 3. The fourth-order valence-electron chi connectivity index (χ4n) is 2.26. The standard InChI is InChI=1S/C14H19F3N2O/c1-18-7-9-19(10-8-18)6-5-12-3-2-4-13(11-12)20-14(15,16)17/h2-4,11H,5-10H2,1H3. The predicted molar refractivity (Wildman–Crippen MR) is 70.8 cm³/mol. The lowest BCUT2D eigenvalue weighted by atomic mass is 10.1. The quantitative estimate of drug-likeness (QED) is 0.846. The Labute approximate surface area is 116 Å². The molecular formula is C14H19F3N2O. The van der Waals surface area contributed by atoms with Crippen LogP contribution in [-0.2, 0) is 6.42 Å². The molecule has 1 aliphatic heterocycles. The van der Waals surface area contributed by atoms with Crippen LogP contribution in [0.4, 0.5) is 13.2 Å². The lowest BCUT2D eigenvalue weighted by Crippen LogP contribution is -2.45. The summed E-state index contributed by atoms with van der Waals surface area (Å²) in [5.74, 6) is -0.145. The van der Waals surface area contributed by atoms with E-state index in [4.69, 9.17) is 0 Å². The van der Waals surface area contributed by atoms with Gasteiger partial charge in [0.2, 0.25) is 0 Å². The smallest absolute Gasteiger partial charge is 0.406 e. The molecule has 0 N–H and O–H groups in total. The molecule has 1 aromatic carbocycles. The van der Waals surface area contributed by atoms with Crippen molar-refractivity contribution in [2.24, 2.45) is 0 Å². The highest BCUT2D eigenvalue weighted by Crippen LogP contribution is 2.23. The van der Waals surface area contributed by atoms with Gasteiger partial charge in [-0.25, -0.2) is 0 Å². The maximum Gasteiger partial charge on any atom is 0.573 e. The summed E-state index contributed by atoms with van der Waals surface area (Å²) >= 11 is 0. The summed E-state index contributed by atoms with van der Waals surface area (Å²) in [4.78, 5) is 4.60. The average Bonchev–Trinajstić information content (AvgIpc) is 2.36. The van der Waals surface area contributed by atoms with Gasteiger partial charge < -0.3 is 14.5 Å². The molecular weight excluding hydrogens is 269 g/mol. The second-order valence-corrected chi connectivity index (χ2v) is 5.09. The molecule has 1 aromatic rings. The molecule has 0 atom stereocenters. The van der Waals surface area contributed by atoms with Crippen LogP contribution >= 0.6 is 0 Å². The molecule has 1 aliphatic rings. The van der Waals surface area contributed by atoms with Crippen LogP contribution in [0.15, 0.2) is 24.3 Å². The van der Waals surface area contributed by atoms with Gasteiger partial charge in [0.05, 0.1) is 0 Å². The van der Waals surface area contributed by atoms with E-state index in [1.165, 1.54) is 12.1 Å². The molecule has 6 heteroatoms. The molecule has 112 valence electrons. The zero-order valence-electron chi connectivity index (χ0n) is 11.5. The first kappa shape index (κ1) is 15.1. The lowest BCUT2D eigenvalue weighted by Gasteiger charge is -2.32. The van der Waals surface area contributed by atoms with Crippen LogP contribution in [0.3, 0.4) is 0 Å². The third kappa shape index (κ3) is 5.02. The second-order valence-electron chi connectivity index (χ2n) is 5.09. The number of ether oxygens (including phenoxy) is 1. The van der Waals surface area contributed by atoms with Crippen molar-refractivity contribution >= 4 is 0 Å². The molecule has 1 fully saturated rings. The normalized spacial score (nSPS) is 18.2. The first-order valence-electron chi connectivity index (χ1n) is 6.68. The van der Waals surface area contributed by atoms with Gasteiger partial charge in [-0.15, -0.1) is 13.2 Å². The lowest BCUT2D eigenvalue weighted by molar-refractivity contribution is -0.274. The number of halogens is 3. The molecule has 3 nitrogen and oxygen atoms in total. The van der Waals surface area contributed by atoms with Crippen molar-refractivity contribution in [3.8, 4) is 5.75 Å². The van der Waals surface area contributed by atoms with Crippen LogP contribution in [0.5, 0.6) is 5.75 Å². The number of alkyl halides is 3. The van der Waals surface area contributed by atoms with E-state index in [1.807, 2.05) is 6.07 Å². The fraction of sp³-hybridized carbons (Fsp3) is 0.571. The minimum Gasteiger partial charge on any atom is -0.406 e. The van der Waals surface area contributed by atoms with Crippen molar-refractivity contribution in [3.05, 3.63) is 29.8 Å². The molecule has 2 rings (SSSR count). The minimum atomic E-state index is -4.63. The predicted octanol–water partition coefficient (Wildman–Crippen LogP) is 2.38. The monoisotopic (exact) mass is 288 g/mol. The molecule has 1 saturated heterocycles. The highest BCUT2D eigenvalue weighted by Gasteiger charge is 2.31. The number of likely N-dealkylation sites (N-methyl/N-ethyl adjacent to an activating group) is 1. The molecule has 1 heterocycles. The van der Waals surface area contributed by atoms with E-state index >= 15 is 0 Å². The Hall–Kier alpha value is -1.27. The zero-order chi connectivity index (χ0) is 14.6. The van der Waals surface area contributed by atoms with E-state index in [0.717, 1.165) is 44.7 Å². The number of rotatable bonds is 4. The van der Waals surface area contributed by atoms with Crippen LogP contribution in [0.1, 0.15) is 5.56 Å². The third-order valence-electron chi connectivity index (χ3n) is 3.44. The third-order valence-corrected chi connectivity index (χ3v) is 3.44. The van der Waals surface area contributed by atoms with E-state index in [-0.39, 0.29) is 5.75 Å². The van der Waals surface area contributed by atoms with Crippen molar-refractivity contribution < 1.29 is 17.9 Å². The number of hydrogen-bond donors (Lipinski definition) is 0. The van der Waals surface area contributed by atoms with Gasteiger partial charge in [-0.2, -0.15) is 0 Å². The van der Waals surface area contributed by atoms with Crippen LogP contribution < -0.4 is 4.74 Å². The number of piperazine rings is 1. The first-order chi connectivity index (χ1) is 9.42. The second kappa shape index (κ2) is 6.45. The van der Waals surface area contributed by atoms with Crippen LogP contribution in [0.25, 0.3) is 0 Å². The molecule has 0 aromatic heterocycles. The van der Waals surface area contributed by atoms with Crippen LogP contribution in [0.2, 0.25) is 0 Å². The first-order valence-corrected chi connectivity index (χ1v) is 6.68. The van der Waals surface area contributed by atoms with Crippen molar-refractivity contribution in [2.45, 2.75) is 12.8 Å². The van der Waals surface area contributed by atoms with Gasteiger partial charge in [-0.1, -0.05) is 12.1 Å². The maximum absolute atomic E-state index is 12.2. The van der Waals surface area contributed by atoms with E-state index in [2.05, 4.69) is 21.6 Å². The minimum absolute atomic E-state index is 0.145. The largest absolute Gasteiger partial charge is 0.573 e. The van der Waals surface area contributed by atoms with Gasteiger partial charge in [-0.05, 0) is 31.2 Å². The summed E-state index contributed by atoms with van der Waals surface area (Å²) < 4.78 is 40.4. The fourth-order valence-corrected chi connectivity index (χ4v) is 2.26. The Balaban J connectivity index is 1.85. The van der Waals surface area contributed by atoms with Gasteiger partial charge >= 0.3 is 6.36 Å². The Morgan fingerprint density at radius 1 is 1.15 bits per heavy atom. The van der Waals surface area contributed by atoms with Gasteiger partial charge in [-0.3, -0.25) is 0 Å². The zero-order valence-corrected chi connectivity index (χ0v) is 11.5. The molecule has 0 unspecified atom stereocenters. The molecule has 0 spiro atoms. The average molecular weight is 288 g/mol. The van der Waals surface area contributed by atoms with E-state index < -0.39 is 6.36 Å². The van der Waals surface area contributed by atoms with Crippen molar-refractivity contribution in [2.75, 3.05) is 39.8 Å². The van der Waals surface area contributed by atoms with Crippen LogP contribution in [0, 0.1) is 0 Å². The summed E-state index contributed by atoms with van der Waals surface area (Å²) in [5, 5.41) is 0. The summed E-state index contributed by atoms with van der Waals surface area (Å²) in [7, 11) is 2.09. The summed E-state index contributed by atoms with van der Waals surface area (Å²) in [6, 6.07) is 6.22. The molecule has 0 saturated carbocycles. The highest BCUT2D eigenvalue weighted by atomic mass is 19.4. The van der Waals surface area contributed by atoms with Gasteiger partial charge in [0, 0.05) is 32.7 Å². The van der Waals surface area contributed by atoms with Gasteiger partial charge in [0.15, 0.2) is 0 Å². The van der Waals surface area contributed by atoms with Crippen molar-refractivity contribution in [3.63, 3.8) is 0 Å². The Morgan fingerprint density at radius 3 is 2.50 bits per heavy atom. The highest BCUT2D eigenvalue weighted by molar-refractivity contribution is 5.28. The summed E-state index contributed by atoms with van der Waals surface area (Å²) in [6.07, 6.45) is -3.89. The Kier molecular flexibility index (Phi) is 4.88. The summed E-state index contributed by atoms with van der Waals surface area (Å²) in [6.45, 7) is 4.96. The topological polar surface area (TPSA) is 15.7 Å². The Bertz CT molecular complexity index is 429. The van der Waals surface area contributed by atoms with Gasteiger partial charge in [0.25, 0.3) is 0 Å². The number of nitrogens with zero attached hydrogens (tertiary/aromatic N) is 2. The molecule has 0 aliphatic carbocycles. The van der Waals surface area contributed by atoms with E-state index in [9.17, 15) is 13.2 Å². The Morgan fingerprint density at radius 2 is 1.85 bits per heavy atom. The molecule has 0 amide bonds. The molecule has 0 bridgehead atoms. The van der Waals surface area contributed by atoms with E-state index in [0.29, 0.717) is 0 Å². The van der Waals surface area contributed by atoms with Crippen molar-refractivity contribution in [1.29, 1.82) is 0 Å².